The second kappa shape index (κ2) is 7.85. The zero-order chi connectivity index (χ0) is 20.6. The largest absolute Gasteiger partial charge is 0.342 e. The van der Waals surface area contributed by atoms with Gasteiger partial charge in [0.2, 0.25) is 17.7 Å². The number of aromatic nitrogens is 2. The van der Waals surface area contributed by atoms with Crippen LogP contribution in [0.15, 0.2) is 34.9 Å². The normalized spacial score (nSPS) is 25.9. The van der Waals surface area contributed by atoms with E-state index < -0.39 is 0 Å². The average Bonchev–Trinajstić information content (AvgIpc) is 3.50. The van der Waals surface area contributed by atoms with Crippen molar-refractivity contribution in [3.05, 3.63) is 47.6 Å². The number of amides is 2. The Morgan fingerprint density at radius 1 is 1.23 bits per heavy atom. The van der Waals surface area contributed by atoms with Crippen LogP contribution in [0.25, 0.3) is 0 Å². The number of rotatable bonds is 6. The molecule has 2 aliphatic heterocycles. The summed E-state index contributed by atoms with van der Waals surface area (Å²) in [5.74, 6) is 2.08. The van der Waals surface area contributed by atoms with Crippen LogP contribution in [0.3, 0.4) is 0 Å². The number of carbonyl (C=O) groups excluding carboxylic acids is 2. The van der Waals surface area contributed by atoms with Crippen molar-refractivity contribution in [1.82, 2.24) is 19.9 Å². The van der Waals surface area contributed by atoms with Gasteiger partial charge in [-0.1, -0.05) is 41.9 Å². The van der Waals surface area contributed by atoms with E-state index in [0.717, 1.165) is 44.3 Å². The molecule has 0 N–H and O–H groups in total. The molecule has 7 nitrogen and oxygen atoms in total. The van der Waals surface area contributed by atoms with Gasteiger partial charge in [0.25, 0.3) is 0 Å². The molecule has 0 spiro atoms. The Kier molecular flexibility index (Phi) is 5.05. The van der Waals surface area contributed by atoms with Crippen LogP contribution in [-0.4, -0.2) is 57.9 Å². The van der Waals surface area contributed by atoms with Gasteiger partial charge in [-0.15, -0.1) is 0 Å². The van der Waals surface area contributed by atoms with Gasteiger partial charge in [0.1, 0.15) is 0 Å². The van der Waals surface area contributed by atoms with Gasteiger partial charge in [-0.05, 0) is 30.7 Å². The number of hydrogen-bond donors (Lipinski definition) is 0. The Morgan fingerprint density at radius 2 is 2.10 bits per heavy atom. The van der Waals surface area contributed by atoms with Gasteiger partial charge in [-0.2, -0.15) is 4.98 Å². The standard InChI is InChI=1S/C23H28N4O3/c28-20-9-5-12-26(20)13-10-21(29)27-15-18-8-4-11-23(18,16-27)22-24-19(25-30-22)14-17-6-2-1-3-7-17/h1-3,6-7,18H,4-5,8-16H2/t18-,23-/m1/s1. The zero-order valence-corrected chi connectivity index (χ0v) is 17.3. The topological polar surface area (TPSA) is 79.5 Å². The van der Waals surface area contributed by atoms with E-state index in [0.29, 0.717) is 50.0 Å². The molecule has 2 atom stereocenters. The van der Waals surface area contributed by atoms with E-state index in [1.807, 2.05) is 28.0 Å². The number of hydrogen-bond acceptors (Lipinski definition) is 5. The monoisotopic (exact) mass is 408 g/mol. The first-order chi connectivity index (χ1) is 14.6. The van der Waals surface area contributed by atoms with Crippen molar-refractivity contribution < 1.29 is 14.1 Å². The van der Waals surface area contributed by atoms with Gasteiger partial charge in [0.05, 0.1) is 5.41 Å². The summed E-state index contributed by atoms with van der Waals surface area (Å²) in [5.41, 5.74) is 0.950. The minimum atomic E-state index is -0.207. The van der Waals surface area contributed by atoms with E-state index in [-0.39, 0.29) is 17.2 Å². The fourth-order valence-electron chi connectivity index (χ4n) is 5.46. The third kappa shape index (κ3) is 3.50. The molecule has 1 saturated carbocycles. The van der Waals surface area contributed by atoms with Crippen LogP contribution in [0.4, 0.5) is 0 Å². The molecular formula is C23H28N4O3. The number of likely N-dealkylation sites (tertiary alicyclic amines) is 2. The predicted octanol–water partition coefficient (Wildman–Crippen LogP) is 2.55. The Hall–Kier alpha value is -2.70. The van der Waals surface area contributed by atoms with Crippen molar-refractivity contribution in [2.24, 2.45) is 5.92 Å². The van der Waals surface area contributed by atoms with Crippen LogP contribution >= 0.6 is 0 Å². The number of fused-ring (bicyclic) bond motifs is 1. The molecule has 7 heteroatoms. The Labute approximate surface area is 176 Å². The van der Waals surface area contributed by atoms with Crippen LogP contribution in [0.2, 0.25) is 0 Å². The van der Waals surface area contributed by atoms with E-state index in [1.54, 1.807) is 0 Å². The molecule has 2 amide bonds. The summed E-state index contributed by atoms with van der Waals surface area (Å²) in [4.78, 5) is 33.2. The highest BCUT2D eigenvalue weighted by atomic mass is 16.5. The van der Waals surface area contributed by atoms with Crippen molar-refractivity contribution in [3.63, 3.8) is 0 Å². The zero-order valence-electron chi connectivity index (χ0n) is 17.3. The Bertz CT molecular complexity index is 928. The minimum Gasteiger partial charge on any atom is -0.342 e. The second-order valence-corrected chi connectivity index (χ2v) is 8.93. The maximum atomic E-state index is 12.9. The highest BCUT2D eigenvalue weighted by Crippen LogP contribution is 2.50. The van der Waals surface area contributed by atoms with Crippen molar-refractivity contribution in [3.8, 4) is 0 Å². The minimum absolute atomic E-state index is 0.132. The van der Waals surface area contributed by atoms with Gasteiger partial charge in [-0.3, -0.25) is 9.59 Å². The molecule has 3 heterocycles. The Balaban J connectivity index is 1.26. The summed E-state index contributed by atoms with van der Waals surface area (Å²) in [5, 5.41) is 4.24. The summed E-state index contributed by atoms with van der Waals surface area (Å²) in [7, 11) is 0. The highest BCUT2D eigenvalue weighted by Gasteiger charge is 2.55. The molecule has 158 valence electrons. The lowest BCUT2D eigenvalue weighted by atomic mass is 9.80. The molecule has 0 radical (unpaired) electrons. The van der Waals surface area contributed by atoms with E-state index >= 15 is 0 Å². The quantitative estimate of drug-likeness (QED) is 0.734. The van der Waals surface area contributed by atoms with Gasteiger partial charge in [-0.25, -0.2) is 0 Å². The first-order valence-corrected chi connectivity index (χ1v) is 11.1. The van der Waals surface area contributed by atoms with Gasteiger partial charge < -0.3 is 14.3 Å². The van der Waals surface area contributed by atoms with Crippen LogP contribution in [0.1, 0.15) is 55.8 Å². The van der Waals surface area contributed by atoms with Gasteiger partial charge >= 0.3 is 0 Å². The molecule has 5 rings (SSSR count). The molecule has 3 fully saturated rings. The lowest BCUT2D eigenvalue weighted by Gasteiger charge is -2.24. The predicted molar refractivity (Wildman–Crippen MR) is 110 cm³/mol. The van der Waals surface area contributed by atoms with Gasteiger partial charge in [0.15, 0.2) is 5.82 Å². The summed E-state index contributed by atoms with van der Waals surface area (Å²) in [6, 6.07) is 10.1. The third-order valence-corrected chi connectivity index (χ3v) is 7.09. The second-order valence-electron chi connectivity index (χ2n) is 8.93. The molecule has 30 heavy (non-hydrogen) atoms. The van der Waals surface area contributed by atoms with Crippen molar-refractivity contribution >= 4 is 11.8 Å². The fraction of sp³-hybridized carbons (Fsp3) is 0.565. The summed E-state index contributed by atoms with van der Waals surface area (Å²) < 4.78 is 5.76. The van der Waals surface area contributed by atoms with Crippen LogP contribution in [0.5, 0.6) is 0 Å². The van der Waals surface area contributed by atoms with Crippen LogP contribution in [-0.2, 0) is 21.4 Å². The molecule has 1 aliphatic carbocycles. The van der Waals surface area contributed by atoms with Crippen molar-refractivity contribution in [1.29, 1.82) is 0 Å². The summed E-state index contributed by atoms with van der Waals surface area (Å²) in [6.07, 6.45) is 5.78. The Morgan fingerprint density at radius 3 is 2.90 bits per heavy atom. The van der Waals surface area contributed by atoms with E-state index in [1.165, 1.54) is 0 Å². The average molecular weight is 409 g/mol. The number of carbonyl (C=O) groups is 2. The van der Waals surface area contributed by atoms with Crippen LogP contribution < -0.4 is 0 Å². The molecule has 0 unspecified atom stereocenters. The van der Waals surface area contributed by atoms with Crippen LogP contribution in [0, 0.1) is 5.92 Å². The highest BCUT2D eigenvalue weighted by molar-refractivity contribution is 5.80. The molecule has 0 bridgehead atoms. The smallest absolute Gasteiger partial charge is 0.235 e. The summed E-state index contributed by atoms with van der Waals surface area (Å²) in [6.45, 7) is 2.72. The van der Waals surface area contributed by atoms with E-state index in [4.69, 9.17) is 9.51 Å². The van der Waals surface area contributed by atoms with E-state index in [9.17, 15) is 9.59 Å². The SMILES string of the molecule is O=C1CCCN1CCC(=O)N1C[C@H]2CCC[C@@]2(c2nc(Cc3ccccc3)no2)C1. The first-order valence-electron chi connectivity index (χ1n) is 11.1. The van der Waals surface area contributed by atoms with Crippen molar-refractivity contribution in [2.45, 2.75) is 50.4 Å². The number of benzene rings is 1. The lowest BCUT2D eigenvalue weighted by Crippen LogP contribution is -2.36. The van der Waals surface area contributed by atoms with E-state index in [2.05, 4.69) is 17.3 Å². The maximum Gasteiger partial charge on any atom is 0.235 e. The molecule has 3 aliphatic rings. The fourth-order valence-corrected chi connectivity index (χ4v) is 5.46. The third-order valence-electron chi connectivity index (χ3n) is 7.09. The number of nitrogens with zero attached hydrogens (tertiary/aromatic N) is 4. The molecular weight excluding hydrogens is 380 g/mol. The lowest BCUT2D eigenvalue weighted by molar-refractivity contribution is -0.132. The molecule has 1 aromatic carbocycles. The molecule has 2 saturated heterocycles. The maximum absolute atomic E-state index is 12.9. The first kappa shape index (κ1) is 19.3. The summed E-state index contributed by atoms with van der Waals surface area (Å²) >= 11 is 0. The molecule has 1 aromatic heterocycles. The molecule has 2 aromatic rings. The van der Waals surface area contributed by atoms with Gasteiger partial charge in [0, 0.05) is 45.4 Å². The van der Waals surface area contributed by atoms with Crippen molar-refractivity contribution in [2.75, 3.05) is 26.2 Å².